The zero-order chi connectivity index (χ0) is 15.4. The summed E-state index contributed by atoms with van der Waals surface area (Å²) in [5.74, 6) is -0.461. The van der Waals surface area contributed by atoms with Crippen LogP contribution in [0.4, 0.5) is 11.4 Å². The molecule has 1 aromatic heterocycles. The highest BCUT2D eigenvalue weighted by Crippen LogP contribution is 2.33. The Kier molecular flexibility index (Phi) is 4.39. The number of imidazole rings is 1. The first-order valence-corrected chi connectivity index (χ1v) is 6.32. The maximum Gasteiger partial charge on any atom is 0.294 e. The molecule has 8 nitrogen and oxygen atoms in total. The lowest BCUT2D eigenvalue weighted by Gasteiger charge is -2.08. The van der Waals surface area contributed by atoms with Crippen LogP contribution in [-0.2, 0) is 6.54 Å². The normalized spacial score (nSPS) is 10.2. The van der Waals surface area contributed by atoms with Gasteiger partial charge in [-0.25, -0.2) is 4.98 Å². The van der Waals surface area contributed by atoms with Crippen molar-refractivity contribution >= 4 is 28.9 Å². The molecule has 1 amide bonds. The molecule has 0 fully saturated rings. The van der Waals surface area contributed by atoms with Gasteiger partial charge in [0.15, 0.2) is 0 Å². The Labute approximate surface area is 124 Å². The molecular weight excluding hydrogens is 298 g/mol. The monoisotopic (exact) mass is 309 g/mol. The molecular formula is C12H12ClN5O3. The topological polar surface area (TPSA) is 113 Å². The van der Waals surface area contributed by atoms with Crippen LogP contribution in [0.1, 0.15) is 16.1 Å². The summed E-state index contributed by atoms with van der Waals surface area (Å²) in [4.78, 5) is 29.1. The van der Waals surface area contributed by atoms with Crippen molar-refractivity contribution in [2.45, 2.75) is 6.54 Å². The maximum absolute atomic E-state index is 12.0. The molecule has 0 aliphatic carbocycles. The van der Waals surface area contributed by atoms with Crippen LogP contribution in [0.5, 0.6) is 0 Å². The molecule has 0 saturated carbocycles. The first-order valence-electron chi connectivity index (χ1n) is 5.94. The summed E-state index contributed by atoms with van der Waals surface area (Å²) < 4.78 is 0. The molecule has 3 N–H and O–H groups in total. The van der Waals surface area contributed by atoms with Gasteiger partial charge in [-0.3, -0.25) is 14.9 Å². The lowest BCUT2D eigenvalue weighted by atomic mass is 10.1. The number of nitrogens with one attached hydrogen (secondary N) is 3. The predicted octanol–water partition coefficient (Wildman–Crippen LogP) is 1.94. The number of hydrogen-bond donors (Lipinski definition) is 3. The minimum absolute atomic E-state index is 0.110. The predicted molar refractivity (Wildman–Crippen MR) is 77.4 cm³/mol. The number of benzene rings is 1. The lowest BCUT2D eigenvalue weighted by Crippen LogP contribution is -2.23. The van der Waals surface area contributed by atoms with E-state index in [4.69, 9.17) is 11.6 Å². The van der Waals surface area contributed by atoms with Crippen LogP contribution in [0.2, 0.25) is 5.02 Å². The molecule has 0 spiro atoms. The van der Waals surface area contributed by atoms with E-state index >= 15 is 0 Å². The van der Waals surface area contributed by atoms with E-state index in [9.17, 15) is 14.9 Å². The number of H-pyrrole nitrogens is 1. The average Bonchev–Trinajstić information content (AvgIpc) is 2.96. The lowest BCUT2D eigenvalue weighted by molar-refractivity contribution is -0.383. The van der Waals surface area contributed by atoms with E-state index in [1.807, 2.05) is 0 Å². The van der Waals surface area contributed by atoms with Gasteiger partial charge in [-0.2, -0.15) is 0 Å². The van der Waals surface area contributed by atoms with Gasteiger partial charge in [0.1, 0.15) is 5.69 Å². The molecule has 0 aliphatic heterocycles. The smallest absolute Gasteiger partial charge is 0.294 e. The van der Waals surface area contributed by atoms with Crippen molar-refractivity contribution in [1.29, 1.82) is 0 Å². The zero-order valence-corrected chi connectivity index (χ0v) is 11.8. The molecule has 2 aromatic rings. The van der Waals surface area contributed by atoms with Crippen LogP contribution < -0.4 is 10.6 Å². The fraction of sp³-hybridized carbons (Fsp3) is 0.167. The Hall–Kier alpha value is -2.61. The van der Waals surface area contributed by atoms with Crippen molar-refractivity contribution in [3.05, 3.63) is 51.1 Å². The van der Waals surface area contributed by atoms with Gasteiger partial charge in [0, 0.05) is 24.9 Å². The van der Waals surface area contributed by atoms with Gasteiger partial charge in [-0.05, 0) is 6.07 Å². The summed E-state index contributed by atoms with van der Waals surface area (Å²) in [6.45, 7) is 0.234. The molecule has 0 aliphatic rings. The number of rotatable bonds is 5. The number of halogens is 1. The highest BCUT2D eigenvalue weighted by atomic mass is 35.5. The van der Waals surface area contributed by atoms with E-state index in [1.54, 1.807) is 6.20 Å². The maximum atomic E-state index is 12.0. The van der Waals surface area contributed by atoms with Gasteiger partial charge in [0.05, 0.1) is 28.5 Å². The third-order valence-corrected chi connectivity index (χ3v) is 3.07. The van der Waals surface area contributed by atoms with Crippen molar-refractivity contribution in [3.63, 3.8) is 0 Å². The average molecular weight is 310 g/mol. The zero-order valence-electron chi connectivity index (χ0n) is 11.0. The number of anilines is 1. The fourth-order valence-corrected chi connectivity index (χ4v) is 2.08. The second kappa shape index (κ2) is 6.23. The highest BCUT2D eigenvalue weighted by molar-refractivity contribution is 6.34. The van der Waals surface area contributed by atoms with Crippen molar-refractivity contribution in [2.75, 3.05) is 12.4 Å². The molecule has 0 radical (unpaired) electrons. The van der Waals surface area contributed by atoms with Gasteiger partial charge in [0.25, 0.3) is 11.6 Å². The number of aromatic amines is 1. The Morgan fingerprint density at radius 1 is 1.52 bits per heavy atom. The van der Waals surface area contributed by atoms with Crippen molar-refractivity contribution in [3.8, 4) is 0 Å². The van der Waals surface area contributed by atoms with E-state index in [0.29, 0.717) is 0 Å². The number of nitro benzene ring substituents is 1. The van der Waals surface area contributed by atoms with Gasteiger partial charge in [-0.1, -0.05) is 11.6 Å². The number of aromatic nitrogens is 2. The van der Waals surface area contributed by atoms with Crippen LogP contribution in [-0.4, -0.2) is 27.8 Å². The Bertz CT molecular complexity index is 672. The number of hydrogen-bond acceptors (Lipinski definition) is 5. The van der Waals surface area contributed by atoms with Gasteiger partial charge in [-0.15, -0.1) is 0 Å². The van der Waals surface area contributed by atoms with E-state index in [0.717, 1.165) is 5.69 Å². The number of carbonyl (C=O) groups excluding carboxylic acids is 1. The van der Waals surface area contributed by atoms with Crippen LogP contribution in [0.15, 0.2) is 24.7 Å². The summed E-state index contributed by atoms with van der Waals surface area (Å²) in [7, 11) is 1.52. The molecule has 9 heteroatoms. The SMILES string of the molecule is CNc1c(Cl)cc(C(=O)NCc2cnc[nH]2)cc1[N+](=O)[O-]. The van der Waals surface area contributed by atoms with E-state index in [-0.39, 0.29) is 28.5 Å². The summed E-state index contributed by atoms with van der Waals surface area (Å²) in [5, 5.41) is 16.4. The Morgan fingerprint density at radius 3 is 2.86 bits per heavy atom. The number of nitro groups is 1. The fourth-order valence-electron chi connectivity index (χ4n) is 1.77. The van der Waals surface area contributed by atoms with Crippen molar-refractivity contribution in [2.24, 2.45) is 0 Å². The quantitative estimate of drug-likeness (QED) is 0.577. The largest absolute Gasteiger partial charge is 0.381 e. The first kappa shape index (κ1) is 14.8. The van der Waals surface area contributed by atoms with Crippen LogP contribution in [0.3, 0.4) is 0 Å². The number of nitrogens with zero attached hydrogens (tertiary/aromatic N) is 2. The second-order valence-electron chi connectivity index (χ2n) is 4.12. The Balaban J connectivity index is 2.23. The van der Waals surface area contributed by atoms with Gasteiger partial charge >= 0.3 is 0 Å². The molecule has 1 heterocycles. The van der Waals surface area contributed by atoms with Crippen LogP contribution in [0.25, 0.3) is 0 Å². The van der Waals surface area contributed by atoms with E-state index in [2.05, 4.69) is 20.6 Å². The van der Waals surface area contributed by atoms with E-state index < -0.39 is 10.8 Å². The second-order valence-corrected chi connectivity index (χ2v) is 4.53. The van der Waals surface area contributed by atoms with Gasteiger partial charge < -0.3 is 15.6 Å². The molecule has 0 saturated heterocycles. The summed E-state index contributed by atoms with van der Waals surface area (Å²) in [6.07, 6.45) is 3.06. The first-order chi connectivity index (χ1) is 10.0. The van der Waals surface area contributed by atoms with Crippen LogP contribution in [0, 0.1) is 10.1 Å². The van der Waals surface area contributed by atoms with Crippen LogP contribution >= 0.6 is 11.6 Å². The summed E-state index contributed by atoms with van der Waals surface area (Å²) in [5.41, 5.74) is 0.754. The third kappa shape index (κ3) is 3.29. The molecule has 21 heavy (non-hydrogen) atoms. The standard InChI is InChI=1S/C12H12ClN5O3/c1-14-11-9(13)2-7(3-10(11)18(20)21)12(19)16-5-8-4-15-6-17-8/h2-4,6,14H,5H2,1H3,(H,15,17)(H,16,19). The van der Waals surface area contributed by atoms with Crippen molar-refractivity contribution in [1.82, 2.24) is 15.3 Å². The summed E-state index contributed by atoms with van der Waals surface area (Å²) >= 11 is 5.96. The number of carbonyl (C=O) groups is 1. The molecule has 2 rings (SSSR count). The van der Waals surface area contributed by atoms with Crippen molar-refractivity contribution < 1.29 is 9.72 Å². The minimum atomic E-state index is -0.594. The third-order valence-electron chi connectivity index (χ3n) is 2.77. The Morgan fingerprint density at radius 2 is 2.29 bits per heavy atom. The highest BCUT2D eigenvalue weighted by Gasteiger charge is 2.20. The molecule has 0 bridgehead atoms. The number of amides is 1. The minimum Gasteiger partial charge on any atom is -0.381 e. The molecule has 0 unspecified atom stereocenters. The molecule has 110 valence electrons. The van der Waals surface area contributed by atoms with Gasteiger partial charge in [0.2, 0.25) is 0 Å². The van der Waals surface area contributed by atoms with E-state index in [1.165, 1.54) is 25.5 Å². The molecule has 0 atom stereocenters. The summed E-state index contributed by atoms with van der Waals surface area (Å²) in [6, 6.07) is 2.56. The molecule has 1 aromatic carbocycles.